The van der Waals surface area contributed by atoms with Gasteiger partial charge < -0.3 is 9.64 Å². The summed E-state index contributed by atoms with van der Waals surface area (Å²) in [6, 6.07) is -0.647. The molecule has 1 atom stereocenters. The van der Waals surface area contributed by atoms with Gasteiger partial charge in [-0.3, -0.25) is 9.36 Å². The van der Waals surface area contributed by atoms with Gasteiger partial charge in [0.2, 0.25) is 0 Å². The molecular formula is C20H29N3O3S. The quantitative estimate of drug-likeness (QED) is 0.707. The van der Waals surface area contributed by atoms with E-state index in [9.17, 15) is 9.59 Å². The summed E-state index contributed by atoms with van der Waals surface area (Å²) in [7, 11) is 3.88. The van der Waals surface area contributed by atoms with E-state index in [-0.39, 0.29) is 17.6 Å². The predicted octanol–water partition coefficient (Wildman–Crippen LogP) is 3.30. The number of ether oxygens (including phenoxy) is 1. The summed E-state index contributed by atoms with van der Waals surface area (Å²) in [6.07, 6.45) is 4.48. The molecule has 27 heavy (non-hydrogen) atoms. The van der Waals surface area contributed by atoms with Gasteiger partial charge in [0.05, 0.1) is 18.0 Å². The van der Waals surface area contributed by atoms with Crippen LogP contribution in [-0.2, 0) is 28.9 Å². The zero-order chi connectivity index (χ0) is 19.7. The topological polar surface area (TPSA) is 64.4 Å². The van der Waals surface area contributed by atoms with Crippen molar-refractivity contribution < 1.29 is 9.53 Å². The first kappa shape index (κ1) is 20.0. The van der Waals surface area contributed by atoms with Crippen molar-refractivity contribution in [1.29, 1.82) is 0 Å². The highest BCUT2D eigenvalue weighted by Crippen LogP contribution is 2.34. The minimum absolute atomic E-state index is 0.0937. The number of hydrogen-bond acceptors (Lipinski definition) is 6. The number of aromatic nitrogens is 2. The molecular weight excluding hydrogens is 362 g/mol. The molecule has 0 spiro atoms. The smallest absolute Gasteiger partial charge is 0.329 e. The first-order chi connectivity index (χ1) is 12.8. The number of carbonyl (C=O) groups is 1. The van der Waals surface area contributed by atoms with Crippen molar-refractivity contribution in [3.8, 4) is 0 Å². The van der Waals surface area contributed by atoms with E-state index in [0.29, 0.717) is 24.2 Å². The Hall–Kier alpha value is -1.73. The molecule has 2 aromatic rings. The summed E-state index contributed by atoms with van der Waals surface area (Å²) in [6.45, 7) is 6.06. The van der Waals surface area contributed by atoms with Crippen LogP contribution in [0, 0.1) is 0 Å². The summed E-state index contributed by atoms with van der Waals surface area (Å²) in [5, 5.41) is 0.716. The number of carbonyl (C=O) groups excluding carboxylic acids is 1. The number of hydrogen-bond donors (Lipinski definition) is 0. The molecule has 0 saturated carbocycles. The first-order valence-electron chi connectivity index (χ1n) is 9.74. The van der Waals surface area contributed by atoms with Crippen LogP contribution in [-0.4, -0.2) is 40.6 Å². The summed E-state index contributed by atoms with van der Waals surface area (Å²) in [5.41, 5.74) is 1.06. The Morgan fingerprint density at radius 2 is 2.00 bits per heavy atom. The van der Waals surface area contributed by atoms with Gasteiger partial charge in [-0.2, -0.15) is 0 Å². The molecule has 6 nitrogen and oxygen atoms in total. The number of nitrogens with zero attached hydrogens (tertiary/aromatic N) is 3. The van der Waals surface area contributed by atoms with Crippen LogP contribution in [0.4, 0.5) is 0 Å². The van der Waals surface area contributed by atoms with Gasteiger partial charge in [0.25, 0.3) is 5.56 Å². The van der Waals surface area contributed by atoms with Crippen molar-refractivity contribution in [2.24, 2.45) is 0 Å². The van der Waals surface area contributed by atoms with Crippen LogP contribution in [0.3, 0.4) is 0 Å². The molecule has 0 radical (unpaired) electrons. The third kappa shape index (κ3) is 3.94. The Labute approximate surface area is 164 Å². The second-order valence-electron chi connectivity index (χ2n) is 7.74. The van der Waals surface area contributed by atoms with Crippen LogP contribution in [0.15, 0.2) is 4.79 Å². The molecule has 148 valence electrons. The molecule has 2 aromatic heterocycles. The molecule has 0 N–H and O–H groups in total. The van der Waals surface area contributed by atoms with Crippen molar-refractivity contribution >= 4 is 27.5 Å². The summed E-state index contributed by atoms with van der Waals surface area (Å²) >= 11 is 1.64. The van der Waals surface area contributed by atoms with Crippen LogP contribution in [0.5, 0.6) is 0 Å². The minimum atomic E-state index is -0.647. The van der Waals surface area contributed by atoms with Crippen molar-refractivity contribution in [2.75, 3.05) is 14.1 Å². The van der Waals surface area contributed by atoms with Gasteiger partial charge in [0, 0.05) is 4.88 Å². The van der Waals surface area contributed by atoms with Gasteiger partial charge in [-0.05, 0) is 65.6 Å². The predicted molar refractivity (Wildman–Crippen MR) is 108 cm³/mol. The largest absolute Gasteiger partial charge is 0.461 e. The van der Waals surface area contributed by atoms with Crippen LogP contribution in [0.25, 0.3) is 10.2 Å². The lowest BCUT2D eigenvalue weighted by molar-refractivity contribution is -0.151. The summed E-state index contributed by atoms with van der Waals surface area (Å²) in [4.78, 5) is 35.2. The Morgan fingerprint density at radius 3 is 2.63 bits per heavy atom. The molecule has 0 aromatic carbocycles. The fourth-order valence-corrected chi connectivity index (χ4v) is 5.01. The fraction of sp³-hybridized carbons (Fsp3) is 0.650. The summed E-state index contributed by atoms with van der Waals surface area (Å²) in [5.74, 6) is 0.267. The molecule has 2 heterocycles. The van der Waals surface area contributed by atoms with Crippen molar-refractivity contribution in [1.82, 2.24) is 14.5 Å². The number of fused-ring (bicyclic) bond motifs is 3. The van der Waals surface area contributed by atoms with Crippen LogP contribution >= 0.6 is 11.3 Å². The van der Waals surface area contributed by atoms with Crippen molar-refractivity contribution in [3.05, 3.63) is 26.6 Å². The zero-order valence-electron chi connectivity index (χ0n) is 16.9. The fourth-order valence-electron chi connectivity index (χ4n) is 3.74. The van der Waals surface area contributed by atoms with E-state index in [4.69, 9.17) is 9.72 Å². The van der Waals surface area contributed by atoms with Crippen LogP contribution < -0.4 is 5.56 Å². The van der Waals surface area contributed by atoms with Gasteiger partial charge >= 0.3 is 5.97 Å². The number of rotatable bonds is 6. The Balaban J connectivity index is 2.22. The maximum Gasteiger partial charge on any atom is 0.329 e. The molecule has 0 aliphatic heterocycles. The highest BCUT2D eigenvalue weighted by Gasteiger charge is 2.29. The molecule has 1 aliphatic carbocycles. The molecule has 0 bridgehead atoms. The summed E-state index contributed by atoms with van der Waals surface area (Å²) < 4.78 is 7.03. The second kappa shape index (κ2) is 8.10. The van der Waals surface area contributed by atoms with Crippen LogP contribution in [0.1, 0.15) is 62.3 Å². The van der Waals surface area contributed by atoms with E-state index in [1.807, 2.05) is 39.8 Å². The SMILES string of the molecule is CCC(C(=O)OC(C)C)n1c(CN(C)C)nc2sc3c(c2c1=O)CCCC3. The molecule has 1 aliphatic rings. The van der Waals surface area contributed by atoms with Gasteiger partial charge in [-0.1, -0.05) is 6.92 Å². The van der Waals surface area contributed by atoms with Gasteiger partial charge in [0.15, 0.2) is 0 Å². The Morgan fingerprint density at radius 1 is 1.30 bits per heavy atom. The van der Waals surface area contributed by atoms with E-state index in [2.05, 4.69) is 0 Å². The standard InChI is InChI=1S/C20H29N3O3S/c1-6-14(20(25)26-12(2)3)23-16(11-22(4)5)21-18-17(19(23)24)13-9-7-8-10-15(13)27-18/h12,14H,6-11H2,1-5H3. The van der Waals surface area contributed by atoms with E-state index in [1.165, 1.54) is 4.88 Å². The van der Waals surface area contributed by atoms with E-state index in [1.54, 1.807) is 15.9 Å². The lowest BCUT2D eigenvalue weighted by atomic mass is 9.97. The number of thiophene rings is 1. The maximum absolute atomic E-state index is 13.6. The monoisotopic (exact) mass is 391 g/mol. The number of esters is 1. The van der Waals surface area contributed by atoms with E-state index in [0.717, 1.165) is 36.1 Å². The third-order valence-corrected chi connectivity index (χ3v) is 6.06. The molecule has 1 unspecified atom stereocenters. The van der Waals surface area contributed by atoms with Crippen molar-refractivity contribution in [2.45, 2.75) is 71.6 Å². The van der Waals surface area contributed by atoms with Gasteiger partial charge in [-0.15, -0.1) is 11.3 Å². The molecule has 7 heteroatoms. The van der Waals surface area contributed by atoms with E-state index < -0.39 is 6.04 Å². The van der Waals surface area contributed by atoms with E-state index >= 15 is 0 Å². The normalized spacial score (nSPS) is 15.4. The maximum atomic E-state index is 13.6. The second-order valence-corrected chi connectivity index (χ2v) is 8.83. The molecule has 0 amide bonds. The Bertz CT molecular complexity index is 898. The minimum Gasteiger partial charge on any atom is -0.461 e. The highest BCUT2D eigenvalue weighted by atomic mass is 32.1. The average molecular weight is 392 g/mol. The van der Waals surface area contributed by atoms with Gasteiger partial charge in [-0.25, -0.2) is 9.78 Å². The highest BCUT2D eigenvalue weighted by molar-refractivity contribution is 7.18. The van der Waals surface area contributed by atoms with Gasteiger partial charge in [0.1, 0.15) is 16.7 Å². The zero-order valence-corrected chi connectivity index (χ0v) is 17.7. The lowest BCUT2D eigenvalue weighted by Crippen LogP contribution is -2.36. The Kier molecular flexibility index (Phi) is 6.01. The number of aryl methyl sites for hydroxylation is 2. The molecule has 0 fully saturated rings. The lowest BCUT2D eigenvalue weighted by Gasteiger charge is -2.23. The third-order valence-electron chi connectivity index (χ3n) is 4.87. The molecule has 3 rings (SSSR count). The first-order valence-corrected chi connectivity index (χ1v) is 10.6. The van der Waals surface area contributed by atoms with Crippen LogP contribution in [0.2, 0.25) is 0 Å². The average Bonchev–Trinajstić information content (AvgIpc) is 2.95. The van der Waals surface area contributed by atoms with Crippen molar-refractivity contribution in [3.63, 3.8) is 0 Å². The molecule has 0 saturated heterocycles.